The number of hydrogen-bond donors (Lipinski definition) is 2. The number of anilines is 4. The van der Waals surface area contributed by atoms with Crippen LogP contribution in [0.4, 0.5) is 23.1 Å². The molecule has 1 heterocycles. The highest BCUT2D eigenvalue weighted by Crippen LogP contribution is 2.38. The molecule has 166 valence electrons. The molecule has 0 atom stereocenters. The van der Waals surface area contributed by atoms with Gasteiger partial charge in [0.15, 0.2) is 5.78 Å². The van der Waals surface area contributed by atoms with Crippen LogP contribution in [-0.2, 0) is 6.42 Å². The number of aromatic nitrogens is 2. The Bertz CT molecular complexity index is 1130. The van der Waals surface area contributed by atoms with E-state index in [1.165, 1.54) is 0 Å². The first-order valence-electron chi connectivity index (χ1n) is 10.7. The van der Waals surface area contributed by atoms with Crippen LogP contribution in [-0.4, -0.2) is 29.5 Å². The molecule has 0 unspecified atom stereocenters. The van der Waals surface area contributed by atoms with Gasteiger partial charge in [0.2, 0.25) is 5.95 Å². The lowest BCUT2D eigenvalue weighted by Gasteiger charge is -2.30. The van der Waals surface area contributed by atoms with Gasteiger partial charge in [0, 0.05) is 12.1 Å². The molecule has 0 aliphatic heterocycles. The second-order valence-electron chi connectivity index (χ2n) is 8.57. The topological polar surface area (TPSA) is 85.4 Å². The van der Waals surface area contributed by atoms with Crippen molar-refractivity contribution in [2.75, 3.05) is 24.4 Å². The van der Waals surface area contributed by atoms with Gasteiger partial charge in [0.25, 0.3) is 0 Å². The number of ether oxygens (including phenoxy) is 2. The summed E-state index contributed by atoms with van der Waals surface area (Å²) >= 11 is 0. The molecule has 0 bridgehead atoms. The molecule has 7 nitrogen and oxygen atoms in total. The molecule has 3 aromatic rings. The molecule has 32 heavy (non-hydrogen) atoms. The third-order valence-electron chi connectivity index (χ3n) is 5.33. The summed E-state index contributed by atoms with van der Waals surface area (Å²) in [6, 6.07) is 15.2. The van der Waals surface area contributed by atoms with Crippen LogP contribution >= 0.6 is 0 Å². The monoisotopic (exact) mass is 432 g/mol. The van der Waals surface area contributed by atoms with Crippen molar-refractivity contribution in [3.8, 4) is 11.5 Å². The number of nitrogens with one attached hydrogen (secondary N) is 2. The number of rotatable bonds is 7. The van der Waals surface area contributed by atoms with Crippen molar-refractivity contribution in [3.63, 3.8) is 0 Å². The average molecular weight is 433 g/mol. The van der Waals surface area contributed by atoms with Gasteiger partial charge in [-0.2, -0.15) is 4.98 Å². The van der Waals surface area contributed by atoms with E-state index in [0.29, 0.717) is 42.5 Å². The van der Waals surface area contributed by atoms with Crippen LogP contribution in [0.25, 0.3) is 0 Å². The lowest BCUT2D eigenvalue weighted by molar-refractivity contribution is 0.0911. The van der Waals surface area contributed by atoms with E-state index >= 15 is 0 Å². The normalized spacial score (nSPS) is 14.4. The molecule has 4 rings (SSSR count). The van der Waals surface area contributed by atoms with Crippen molar-refractivity contribution in [1.29, 1.82) is 0 Å². The maximum absolute atomic E-state index is 13.0. The van der Waals surface area contributed by atoms with Crippen LogP contribution in [0.3, 0.4) is 0 Å². The molecule has 0 radical (unpaired) electrons. The Labute approximate surface area is 188 Å². The summed E-state index contributed by atoms with van der Waals surface area (Å²) in [7, 11) is 1.61. The van der Waals surface area contributed by atoms with Gasteiger partial charge in [-0.25, -0.2) is 4.98 Å². The second-order valence-corrected chi connectivity index (χ2v) is 8.57. The summed E-state index contributed by atoms with van der Waals surface area (Å²) in [5.74, 6) is 2.42. The van der Waals surface area contributed by atoms with Gasteiger partial charge in [-0.15, -0.1) is 0 Å². The lowest BCUT2D eigenvalue weighted by atomic mass is 9.75. The van der Waals surface area contributed by atoms with Crippen molar-refractivity contribution in [1.82, 2.24) is 9.97 Å². The zero-order valence-electron chi connectivity index (χ0n) is 18.9. The van der Waals surface area contributed by atoms with E-state index in [1.807, 2.05) is 55.5 Å². The zero-order chi connectivity index (χ0) is 22.7. The molecule has 0 amide bonds. The van der Waals surface area contributed by atoms with Crippen LogP contribution in [0.5, 0.6) is 11.5 Å². The number of ketones is 1. The Kier molecular flexibility index (Phi) is 5.99. The van der Waals surface area contributed by atoms with Gasteiger partial charge >= 0.3 is 0 Å². The van der Waals surface area contributed by atoms with Crippen LogP contribution in [0, 0.1) is 5.41 Å². The molecule has 0 saturated heterocycles. The summed E-state index contributed by atoms with van der Waals surface area (Å²) in [6.07, 6.45) is 1.14. The predicted octanol–water partition coefficient (Wildman–Crippen LogP) is 5.53. The second kappa shape index (κ2) is 8.86. The van der Waals surface area contributed by atoms with E-state index in [2.05, 4.69) is 29.5 Å². The molecule has 2 N–H and O–H groups in total. The fourth-order valence-electron chi connectivity index (χ4n) is 3.92. The largest absolute Gasteiger partial charge is 0.495 e. The predicted molar refractivity (Wildman–Crippen MR) is 126 cm³/mol. The molecule has 2 aromatic carbocycles. The quantitative estimate of drug-likeness (QED) is 0.508. The van der Waals surface area contributed by atoms with E-state index in [0.717, 1.165) is 22.8 Å². The third kappa shape index (κ3) is 4.66. The number of benzene rings is 2. The minimum atomic E-state index is -0.156. The number of methoxy groups -OCH3 is 1. The standard InChI is InChI=1S/C25H28N4O3/c1-5-32-17-12-10-16(11-13-17)26-24-28-19-14-25(2,3)15-20(30)22(19)23(29-24)27-18-8-6-7-9-21(18)31-4/h6-13H,5,14-15H2,1-4H3,(H2,26,27,28,29). The number of carbonyl (C=O) groups is 1. The summed E-state index contributed by atoms with van der Waals surface area (Å²) in [5.41, 5.74) is 2.70. The Hall–Kier alpha value is -3.61. The van der Waals surface area contributed by atoms with Crippen LogP contribution < -0.4 is 20.1 Å². The highest BCUT2D eigenvalue weighted by Gasteiger charge is 2.35. The molecular weight excluding hydrogens is 404 g/mol. The van der Waals surface area contributed by atoms with E-state index in [4.69, 9.17) is 14.5 Å². The highest BCUT2D eigenvalue weighted by atomic mass is 16.5. The van der Waals surface area contributed by atoms with Crippen molar-refractivity contribution in [3.05, 3.63) is 59.8 Å². The number of hydrogen-bond acceptors (Lipinski definition) is 7. The summed E-state index contributed by atoms with van der Waals surface area (Å²) in [5, 5.41) is 6.56. The van der Waals surface area contributed by atoms with E-state index in [-0.39, 0.29) is 11.2 Å². The summed E-state index contributed by atoms with van der Waals surface area (Å²) < 4.78 is 11.0. The van der Waals surface area contributed by atoms with Crippen LogP contribution in [0.1, 0.15) is 43.2 Å². The minimum Gasteiger partial charge on any atom is -0.495 e. The Morgan fingerprint density at radius 1 is 1.00 bits per heavy atom. The number of Topliss-reactive ketones (excluding diaryl/α,β-unsaturated/α-hetero) is 1. The number of carbonyl (C=O) groups excluding carboxylic acids is 1. The fourth-order valence-corrected chi connectivity index (χ4v) is 3.92. The van der Waals surface area contributed by atoms with E-state index in [9.17, 15) is 4.79 Å². The SMILES string of the molecule is CCOc1ccc(Nc2nc3c(c(Nc4ccccc4OC)n2)C(=O)CC(C)(C)C3)cc1. The van der Waals surface area contributed by atoms with E-state index < -0.39 is 0 Å². The highest BCUT2D eigenvalue weighted by molar-refractivity contribution is 6.03. The van der Waals surface area contributed by atoms with Crippen molar-refractivity contribution < 1.29 is 14.3 Å². The molecule has 0 spiro atoms. The third-order valence-corrected chi connectivity index (χ3v) is 5.33. The van der Waals surface area contributed by atoms with Crippen molar-refractivity contribution in [2.24, 2.45) is 5.41 Å². The fraction of sp³-hybridized carbons (Fsp3) is 0.320. The van der Waals surface area contributed by atoms with Gasteiger partial charge in [0.05, 0.1) is 30.7 Å². The Morgan fingerprint density at radius 3 is 2.47 bits per heavy atom. The zero-order valence-corrected chi connectivity index (χ0v) is 18.9. The molecule has 1 aromatic heterocycles. The van der Waals surface area contributed by atoms with Gasteiger partial charge in [-0.3, -0.25) is 4.79 Å². The molecule has 1 aliphatic rings. The number of fused-ring (bicyclic) bond motifs is 1. The molecule has 0 fully saturated rings. The van der Waals surface area contributed by atoms with Gasteiger partial charge in [0.1, 0.15) is 17.3 Å². The molecule has 7 heteroatoms. The van der Waals surface area contributed by atoms with E-state index in [1.54, 1.807) is 7.11 Å². The first-order valence-corrected chi connectivity index (χ1v) is 10.7. The Balaban J connectivity index is 1.73. The van der Waals surface area contributed by atoms with Crippen molar-refractivity contribution in [2.45, 2.75) is 33.6 Å². The first-order chi connectivity index (χ1) is 15.4. The number of para-hydroxylation sites is 2. The number of nitrogens with zero attached hydrogens (tertiary/aromatic N) is 2. The maximum Gasteiger partial charge on any atom is 0.229 e. The van der Waals surface area contributed by atoms with Crippen molar-refractivity contribution >= 4 is 28.9 Å². The molecule has 0 saturated carbocycles. The summed E-state index contributed by atoms with van der Waals surface area (Å²) in [4.78, 5) is 22.4. The van der Waals surface area contributed by atoms with Gasteiger partial charge in [-0.05, 0) is 55.2 Å². The Morgan fingerprint density at radius 2 is 1.75 bits per heavy atom. The first kappa shape index (κ1) is 21.6. The van der Waals surface area contributed by atoms with Gasteiger partial charge < -0.3 is 20.1 Å². The maximum atomic E-state index is 13.0. The lowest BCUT2D eigenvalue weighted by Crippen LogP contribution is -2.29. The molecule has 1 aliphatic carbocycles. The molecular formula is C25H28N4O3. The van der Waals surface area contributed by atoms with Gasteiger partial charge in [-0.1, -0.05) is 26.0 Å². The summed E-state index contributed by atoms with van der Waals surface area (Å²) in [6.45, 7) is 6.74. The average Bonchev–Trinajstić information content (AvgIpc) is 2.74. The smallest absolute Gasteiger partial charge is 0.229 e. The van der Waals surface area contributed by atoms with Crippen LogP contribution in [0.15, 0.2) is 48.5 Å². The minimum absolute atomic E-state index is 0.0428. The van der Waals surface area contributed by atoms with Crippen LogP contribution in [0.2, 0.25) is 0 Å².